The molecule has 4 heteroatoms. The maximum absolute atomic E-state index is 13.7. The van der Waals surface area contributed by atoms with E-state index in [1.165, 1.54) is 24.3 Å². The molecule has 0 fully saturated rings. The second-order valence-electron chi connectivity index (χ2n) is 4.48. The van der Waals surface area contributed by atoms with E-state index < -0.39 is 23.5 Å². The molecule has 0 saturated carbocycles. The first-order valence-corrected chi connectivity index (χ1v) is 5.95. The molecular formula is C15H14F3N. The van der Waals surface area contributed by atoms with Gasteiger partial charge in [-0.1, -0.05) is 12.1 Å². The number of nitrogens with one attached hydrogen (secondary N) is 1. The van der Waals surface area contributed by atoms with Gasteiger partial charge >= 0.3 is 0 Å². The first kappa shape index (κ1) is 13.5. The highest BCUT2D eigenvalue weighted by Gasteiger charge is 2.16. The van der Waals surface area contributed by atoms with Gasteiger partial charge < -0.3 is 5.32 Å². The molecule has 2 aromatic carbocycles. The summed E-state index contributed by atoms with van der Waals surface area (Å²) in [7, 11) is 0. The van der Waals surface area contributed by atoms with Gasteiger partial charge in [0.05, 0.1) is 11.7 Å². The molecule has 100 valence electrons. The maximum atomic E-state index is 13.7. The lowest BCUT2D eigenvalue weighted by Crippen LogP contribution is -2.11. The zero-order valence-electron chi connectivity index (χ0n) is 10.7. The molecule has 0 aliphatic carbocycles. The van der Waals surface area contributed by atoms with Crippen molar-refractivity contribution in [3.63, 3.8) is 0 Å². The molecule has 0 heterocycles. The molecule has 0 saturated heterocycles. The number of halogens is 3. The number of benzene rings is 2. The molecule has 0 aliphatic heterocycles. The number of hydrogen-bond acceptors (Lipinski definition) is 1. The summed E-state index contributed by atoms with van der Waals surface area (Å²) < 4.78 is 40.9. The van der Waals surface area contributed by atoms with Crippen molar-refractivity contribution < 1.29 is 13.2 Å². The smallest absolute Gasteiger partial charge is 0.146 e. The van der Waals surface area contributed by atoms with E-state index in [1.54, 1.807) is 26.0 Å². The maximum Gasteiger partial charge on any atom is 0.146 e. The van der Waals surface area contributed by atoms with Crippen LogP contribution in [0.5, 0.6) is 0 Å². The fraction of sp³-hybridized carbons (Fsp3) is 0.200. The van der Waals surface area contributed by atoms with Gasteiger partial charge in [0.25, 0.3) is 0 Å². The Hall–Kier alpha value is -1.97. The van der Waals surface area contributed by atoms with Crippen LogP contribution in [0.3, 0.4) is 0 Å². The Morgan fingerprint density at radius 2 is 1.58 bits per heavy atom. The van der Waals surface area contributed by atoms with Gasteiger partial charge in [0.2, 0.25) is 0 Å². The standard InChI is InChI=1S/C15H14F3N/c1-9-6-7-14(13(18)8-9)19-10(2)15-11(16)4-3-5-12(15)17/h3-8,10,19H,1-2H3. The van der Waals surface area contributed by atoms with Crippen LogP contribution in [-0.2, 0) is 0 Å². The van der Waals surface area contributed by atoms with E-state index >= 15 is 0 Å². The summed E-state index contributed by atoms with van der Waals surface area (Å²) in [6, 6.07) is 7.65. The Balaban J connectivity index is 2.28. The second kappa shape index (κ2) is 5.34. The topological polar surface area (TPSA) is 12.0 Å². The summed E-state index contributed by atoms with van der Waals surface area (Å²) in [5.74, 6) is -1.73. The summed E-state index contributed by atoms with van der Waals surface area (Å²) in [6.07, 6.45) is 0. The molecule has 0 aromatic heterocycles. The number of aryl methyl sites for hydroxylation is 1. The fourth-order valence-corrected chi connectivity index (χ4v) is 1.97. The van der Waals surface area contributed by atoms with Crippen molar-refractivity contribution in [2.45, 2.75) is 19.9 Å². The van der Waals surface area contributed by atoms with Crippen molar-refractivity contribution in [3.8, 4) is 0 Å². The van der Waals surface area contributed by atoms with Crippen LogP contribution >= 0.6 is 0 Å². The minimum Gasteiger partial charge on any atom is -0.376 e. The Morgan fingerprint density at radius 3 is 2.16 bits per heavy atom. The minimum atomic E-state index is -0.668. The van der Waals surface area contributed by atoms with Crippen molar-refractivity contribution in [1.29, 1.82) is 0 Å². The Kier molecular flexibility index (Phi) is 3.79. The van der Waals surface area contributed by atoms with Gasteiger partial charge in [-0.05, 0) is 43.7 Å². The average molecular weight is 265 g/mol. The molecule has 0 spiro atoms. The predicted octanol–water partition coefficient (Wildman–Crippen LogP) is 4.59. The van der Waals surface area contributed by atoms with E-state index in [-0.39, 0.29) is 11.3 Å². The first-order chi connectivity index (χ1) is 8.99. The third-order valence-electron chi connectivity index (χ3n) is 2.93. The summed E-state index contributed by atoms with van der Waals surface area (Å²) in [6.45, 7) is 3.35. The fourth-order valence-electron chi connectivity index (χ4n) is 1.97. The zero-order valence-corrected chi connectivity index (χ0v) is 10.7. The second-order valence-corrected chi connectivity index (χ2v) is 4.48. The largest absolute Gasteiger partial charge is 0.376 e. The van der Waals surface area contributed by atoms with Gasteiger partial charge in [-0.15, -0.1) is 0 Å². The summed E-state index contributed by atoms with van der Waals surface area (Å²) in [5, 5.41) is 2.78. The van der Waals surface area contributed by atoms with Crippen molar-refractivity contribution in [2.75, 3.05) is 5.32 Å². The molecule has 1 atom stereocenters. The van der Waals surface area contributed by atoms with E-state index in [2.05, 4.69) is 5.32 Å². The van der Waals surface area contributed by atoms with Gasteiger partial charge in [0.1, 0.15) is 17.5 Å². The lowest BCUT2D eigenvalue weighted by atomic mass is 10.1. The van der Waals surface area contributed by atoms with Crippen molar-refractivity contribution in [2.24, 2.45) is 0 Å². The van der Waals surface area contributed by atoms with Crippen LogP contribution in [0.15, 0.2) is 36.4 Å². The molecule has 0 amide bonds. The van der Waals surface area contributed by atoms with Gasteiger partial charge in [-0.3, -0.25) is 0 Å². The summed E-state index contributed by atoms with van der Waals surface area (Å²) in [4.78, 5) is 0. The average Bonchev–Trinajstić information content (AvgIpc) is 2.32. The van der Waals surface area contributed by atoms with Crippen LogP contribution < -0.4 is 5.32 Å². The van der Waals surface area contributed by atoms with Crippen LogP contribution in [-0.4, -0.2) is 0 Å². The van der Waals surface area contributed by atoms with E-state index in [1.807, 2.05) is 0 Å². The number of anilines is 1. The van der Waals surface area contributed by atoms with Crippen LogP contribution in [0.4, 0.5) is 18.9 Å². The quantitative estimate of drug-likeness (QED) is 0.856. The predicted molar refractivity (Wildman–Crippen MR) is 69.5 cm³/mol. The molecule has 0 radical (unpaired) electrons. The summed E-state index contributed by atoms with van der Waals surface area (Å²) in [5.41, 5.74) is 0.913. The van der Waals surface area contributed by atoms with Gasteiger partial charge in [0, 0.05) is 5.56 Å². The SMILES string of the molecule is Cc1ccc(NC(C)c2c(F)cccc2F)c(F)c1. The molecule has 1 nitrogen and oxygen atoms in total. The molecule has 0 bridgehead atoms. The Labute approximate surface area is 110 Å². The molecule has 0 aliphatic rings. The molecule has 1 N–H and O–H groups in total. The van der Waals surface area contributed by atoms with Gasteiger partial charge in [-0.25, -0.2) is 13.2 Å². The van der Waals surface area contributed by atoms with Crippen molar-refractivity contribution in [3.05, 3.63) is 65.0 Å². The van der Waals surface area contributed by atoms with E-state index in [0.717, 1.165) is 5.56 Å². The third-order valence-corrected chi connectivity index (χ3v) is 2.93. The van der Waals surface area contributed by atoms with E-state index in [4.69, 9.17) is 0 Å². The lowest BCUT2D eigenvalue weighted by Gasteiger charge is -2.17. The van der Waals surface area contributed by atoms with Gasteiger partial charge in [0.15, 0.2) is 0 Å². The number of rotatable bonds is 3. The highest BCUT2D eigenvalue weighted by molar-refractivity contribution is 5.48. The molecule has 2 rings (SSSR count). The van der Waals surface area contributed by atoms with E-state index in [0.29, 0.717) is 0 Å². The van der Waals surface area contributed by atoms with Crippen LogP contribution in [0.25, 0.3) is 0 Å². The third kappa shape index (κ3) is 2.89. The normalized spacial score (nSPS) is 12.3. The first-order valence-electron chi connectivity index (χ1n) is 5.95. The Bertz CT molecular complexity index is 576. The summed E-state index contributed by atoms with van der Waals surface area (Å²) >= 11 is 0. The Morgan fingerprint density at radius 1 is 0.947 bits per heavy atom. The monoisotopic (exact) mass is 265 g/mol. The highest BCUT2D eigenvalue weighted by atomic mass is 19.1. The highest BCUT2D eigenvalue weighted by Crippen LogP contribution is 2.25. The van der Waals surface area contributed by atoms with Crippen molar-refractivity contribution in [1.82, 2.24) is 0 Å². The molecule has 1 unspecified atom stereocenters. The zero-order chi connectivity index (χ0) is 14.0. The van der Waals surface area contributed by atoms with Crippen molar-refractivity contribution >= 4 is 5.69 Å². The van der Waals surface area contributed by atoms with Crippen LogP contribution in [0.1, 0.15) is 24.1 Å². The lowest BCUT2D eigenvalue weighted by molar-refractivity contribution is 0.542. The van der Waals surface area contributed by atoms with Crippen LogP contribution in [0, 0.1) is 24.4 Å². The van der Waals surface area contributed by atoms with Gasteiger partial charge in [-0.2, -0.15) is 0 Å². The van der Waals surface area contributed by atoms with Crippen LogP contribution in [0.2, 0.25) is 0 Å². The minimum absolute atomic E-state index is 0.0949. The molecule has 2 aromatic rings. The molecule has 19 heavy (non-hydrogen) atoms. The number of hydrogen-bond donors (Lipinski definition) is 1. The van der Waals surface area contributed by atoms with E-state index in [9.17, 15) is 13.2 Å². The molecular weight excluding hydrogens is 251 g/mol.